The molecule has 0 spiro atoms. The van der Waals surface area contributed by atoms with E-state index in [2.05, 4.69) is 27.7 Å². The molecule has 2 heterocycles. The van der Waals surface area contributed by atoms with Crippen LogP contribution in [-0.2, 0) is 14.9 Å². The summed E-state index contributed by atoms with van der Waals surface area (Å²) in [5.74, 6) is 0.602. The van der Waals surface area contributed by atoms with Crippen LogP contribution >= 0.6 is 0 Å². The lowest BCUT2D eigenvalue weighted by Gasteiger charge is -2.44. The quantitative estimate of drug-likeness (QED) is 0.807. The predicted octanol–water partition coefficient (Wildman–Crippen LogP) is 3.45. The van der Waals surface area contributed by atoms with Gasteiger partial charge in [0.2, 0.25) is 0 Å². The number of ether oxygens (including phenoxy) is 1. The fourth-order valence-electron chi connectivity index (χ4n) is 3.63. The predicted molar refractivity (Wildman–Crippen MR) is 104 cm³/mol. The highest BCUT2D eigenvalue weighted by Gasteiger charge is 2.42. The first-order valence-electron chi connectivity index (χ1n) is 9.63. The summed E-state index contributed by atoms with van der Waals surface area (Å²) < 4.78 is 36.2. The molecule has 2 fully saturated rings. The van der Waals surface area contributed by atoms with Crippen molar-refractivity contribution in [3.05, 3.63) is 35.9 Å². The highest BCUT2D eigenvalue weighted by Crippen LogP contribution is 2.35. The van der Waals surface area contributed by atoms with Crippen molar-refractivity contribution in [1.82, 2.24) is 8.61 Å². The Kier molecular flexibility index (Phi) is 5.78. The molecular formula is C20H32N2O3S. The second-order valence-electron chi connectivity index (χ2n) is 8.80. The molecule has 26 heavy (non-hydrogen) atoms. The molecule has 0 unspecified atom stereocenters. The third-order valence-electron chi connectivity index (χ3n) is 5.60. The molecular weight excluding hydrogens is 348 g/mol. The molecule has 0 N–H and O–H groups in total. The highest BCUT2D eigenvalue weighted by molar-refractivity contribution is 7.86. The Morgan fingerprint density at radius 1 is 1.00 bits per heavy atom. The van der Waals surface area contributed by atoms with Crippen LogP contribution in [0.15, 0.2) is 30.3 Å². The van der Waals surface area contributed by atoms with Gasteiger partial charge in [0.1, 0.15) is 0 Å². The molecule has 0 aliphatic carbocycles. The zero-order valence-electron chi connectivity index (χ0n) is 16.4. The largest absolute Gasteiger partial charge is 0.367 e. The standard InChI is InChI=1S/C20H32N2O3S/c1-16-10-12-21(13-11-16)26(23,24)22-14-18(17-8-6-5-7-9-17)25-19(15-22)20(2,3)4/h5-9,16,18-19H,10-15H2,1-4H3/t18-,19+/m0/s1. The summed E-state index contributed by atoms with van der Waals surface area (Å²) in [5, 5.41) is 0. The summed E-state index contributed by atoms with van der Waals surface area (Å²) in [6, 6.07) is 9.96. The maximum absolute atomic E-state index is 13.3. The topological polar surface area (TPSA) is 49.9 Å². The average molecular weight is 381 g/mol. The van der Waals surface area contributed by atoms with Crippen molar-refractivity contribution >= 4 is 10.2 Å². The van der Waals surface area contributed by atoms with Gasteiger partial charge in [-0.25, -0.2) is 0 Å². The van der Waals surface area contributed by atoms with E-state index in [1.54, 1.807) is 8.61 Å². The van der Waals surface area contributed by atoms with Crippen LogP contribution in [0.4, 0.5) is 0 Å². The lowest BCUT2D eigenvalue weighted by Crippen LogP contribution is -2.55. The minimum Gasteiger partial charge on any atom is -0.367 e. The fraction of sp³-hybridized carbons (Fsp3) is 0.700. The zero-order chi connectivity index (χ0) is 18.9. The van der Waals surface area contributed by atoms with Gasteiger partial charge in [-0.3, -0.25) is 0 Å². The molecule has 1 aromatic carbocycles. The Balaban J connectivity index is 1.85. The van der Waals surface area contributed by atoms with Gasteiger partial charge in [-0.1, -0.05) is 58.0 Å². The normalized spacial score (nSPS) is 27.5. The van der Waals surface area contributed by atoms with Crippen molar-refractivity contribution in [1.29, 1.82) is 0 Å². The maximum atomic E-state index is 13.3. The van der Waals surface area contributed by atoms with Gasteiger partial charge in [-0.15, -0.1) is 0 Å². The van der Waals surface area contributed by atoms with E-state index in [0.717, 1.165) is 18.4 Å². The third kappa shape index (κ3) is 4.30. The summed E-state index contributed by atoms with van der Waals surface area (Å²) in [6.07, 6.45) is 1.51. The molecule has 146 valence electrons. The van der Waals surface area contributed by atoms with Gasteiger partial charge >= 0.3 is 0 Å². The Morgan fingerprint density at radius 3 is 2.19 bits per heavy atom. The molecule has 0 saturated carbocycles. The minimum absolute atomic E-state index is 0.127. The van der Waals surface area contributed by atoms with E-state index in [0.29, 0.717) is 32.1 Å². The van der Waals surface area contributed by atoms with Crippen molar-refractivity contribution in [3.63, 3.8) is 0 Å². The van der Waals surface area contributed by atoms with Gasteiger partial charge in [-0.05, 0) is 29.7 Å². The lowest BCUT2D eigenvalue weighted by atomic mass is 9.87. The monoisotopic (exact) mass is 380 g/mol. The van der Waals surface area contributed by atoms with Crippen LogP contribution < -0.4 is 0 Å². The third-order valence-corrected chi connectivity index (χ3v) is 7.57. The highest BCUT2D eigenvalue weighted by atomic mass is 32.2. The summed E-state index contributed by atoms with van der Waals surface area (Å²) in [6.45, 7) is 10.6. The second kappa shape index (κ2) is 7.58. The molecule has 5 nitrogen and oxygen atoms in total. The second-order valence-corrected chi connectivity index (χ2v) is 10.7. The van der Waals surface area contributed by atoms with Crippen LogP contribution in [0.5, 0.6) is 0 Å². The van der Waals surface area contributed by atoms with E-state index >= 15 is 0 Å². The number of piperidine rings is 1. The fourth-order valence-corrected chi connectivity index (χ4v) is 5.27. The SMILES string of the molecule is CC1CCN(S(=O)(=O)N2C[C@@H](c3ccccc3)O[C@@H](C(C)(C)C)C2)CC1. The average Bonchev–Trinajstić information content (AvgIpc) is 2.62. The summed E-state index contributed by atoms with van der Waals surface area (Å²) in [4.78, 5) is 0. The first kappa shape index (κ1) is 19.8. The molecule has 2 aliphatic heterocycles. The van der Waals surface area contributed by atoms with Crippen LogP contribution in [0.2, 0.25) is 0 Å². The Morgan fingerprint density at radius 2 is 1.62 bits per heavy atom. The molecule has 0 aromatic heterocycles. The van der Waals surface area contributed by atoms with Crippen LogP contribution in [0.1, 0.15) is 52.2 Å². The number of hydrogen-bond acceptors (Lipinski definition) is 3. The van der Waals surface area contributed by atoms with Crippen LogP contribution in [0, 0.1) is 11.3 Å². The smallest absolute Gasteiger partial charge is 0.282 e. The van der Waals surface area contributed by atoms with Crippen molar-refractivity contribution in [2.75, 3.05) is 26.2 Å². The van der Waals surface area contributed by atoms with E-state index in [-0.39, 0.29) is 17.6 Å². The molecule has 0 radical (unpaired) electrons. The molecule has 0 bridgehead atoms. The zero-order valence-corrected chi connectivity index (χ0v) is 17.2. The van der Waals surface area contributed by atoms with Gasteiger partial charge in [-0.2, -0.15) is 17.0 Å². The summed E-state index contributed by atoms with van der Waals surface area (Å²) >= 11 is 0. The van der Waals surface area contributed by atoms with Crippen molar-refractivity contribution in [2.24, 2.45) is 11.3 Å². The van der Waals surface area contributed by atoms with Gasteiger partial charge < -0.3 is 4.74 Å². The van der Waals surface area contributed by atoms with Gasteiger partial charge in [0.25, 0.3) is 10.2 Å². The summed E-state index contributed by atoms with van der Waals surface area (Å²) in [7, 11) is -3.46. The van der Waals surface area contributed by atoms with E-state index < -0.39 is 10.2 Å². The van der Waals surface area contributed by atoms with Crippen LogP contribution in [0.25, 0.3) is 0 Å². The molecule has 2 aliphatic rings. The first-order valence-corrected chi connectivity index (χ1v) is 11.0. The Hall–Kier alpha value is -0.950. The van der Waals surface area contributed by atoms with E-state index in [4.69, 9.17) is 4.74 Å². The number of hydrogen-bond donors (Lipinski definition) is 0. The number of nitrogens with zero attached hydrogens (tertiary/aromatic N) is 2. The van der Waals surface area contributed by atoms with Crippen LogP contribution in [0.3, 0.4) is 0 Å². The van der Waals surface area contributed by atoms with Crippen molar-refractivity contribution < 1.29 is 13.2 Å². The Bertz CT molecular complexity index is 692. The van der Waals surface area contributed by atoms with E-state index in [1.807, 2.05) is 30.3 Å². The Labute approximate surface area is 158 Å². The lowest BCUT2D eigenvalue weighted by molar-refractivity contribution is -0.111. The maximum Gasteiger partial charge on any atom is 0.282 e. The first-order chi connectivity index (χ1) is 12.2. The van der Waals surface area contributed by atoms with E-state index in [1.165, 1.54) is 0 Å². The van der Waals surface area contributed by atoms with Gasteiger partial charge in [0, 0.05) is 26.2 Å². The van der Waals surface area contributed by atoms with Gasteiger partial charge in [0.05, 0.1) is 12.2 Å². The van der Waals surface area contributed by atoms with E-state index in [9.17, 15) is 8.42 Å². The van der Waals surface area contributed by atoms with Crippen molar-refractivity contribution in [2.45, 2.75) is 52.7 Å². The number of rotatable bonds is 3. The van der Waals surface area contributed by atoms with Gasteiger partial charge in [0.15, 0.2) is 0 Å². The van der Waals surface area contributed by atoms with Crippen molar-refractivity contribution in [3.8, 4) is 0 Å². The molecule has 2 atom stereocenters. The summed E-state index contributed by atoms with van der Waals surface area (Å²) in [5.41, 5.74) is 0.909. The molecule has 1 aromatic rings. The van der Waals surface area contributed by atoms with Crippen LogP contribution in [-0.4, -0.2) is 49.3 Å². The minimum atomic E-state index is -3.46. The molecule has 6 heteroatoms. The molecule has 0 amide bonds. The number of morpholine rings is 1. The molecule has 3 rings (SSSR count). The number of benzene rings is 1. The molecule has 2 saturated heterocycles.